The molecule has 6 heteroatoms. The van der Waals surface area contributed by atoms with Crippen molar-refractivity contribution in [1.29, 1.82) is 0 Å². The molecule has 1 atom stereocenters. The van der Waals surface area contributed by atoms with E-state index in [0.717, 1.165) is 10.0 Å². The van der Waals surface area contributed by atoms with E-state index in [1.54, 1.807) is 6.20 Å². The lowest BCUT2D eigenvalue weighted by molar-refractivity contribution is -0.117. The van der Waals surface area contributed by atoms with Crippen LogP contribution >= 0.6 is 15.9 Å². The van der Waals surface area contributed by atoms with Crippen molar-refractivity contribution in [2.75, 3.05) is 5.32 Å². The lowest BCUT2D eigenvalue weighted by Gasteiger charge is -2.14. The number of hydrogen-bond donors (Lipinski definition) is 2. The monoisotopic (exact) mass is 351 g/mol. The normalized spacial score (nSPS) is 12.4. The summed E-state index contributed by atoms with van der Waals surface area (Å²) in [5, 5.41) is 2.82. The molecule has 1 aromatic heterocycles. The number of nitrogens with two attached hydrogens (primary N) is 1. The number of amides is 1. The third kappa shape index (κ3) is 4.15. The quantitative estimate of drug-likeness (QED) is 0.864. The fraction of sp³-hybridized carbons (Fsp3) is 0.333. The highest BCUT2D eigenvalue weighted by Gasteiger charge is 2.16. The Bertz CT molecular complexity index is 611. The van der Waals surface area contributed by atoms with Crippen LogP contribution in [-0.4, -0.2) is 16.9 Å². The molecule has 0 radical (unpaired) electrons. The molecule has 2 rings (SSSR count). The van der Waals surface area contributed by atoms with Gasteiger partial charge in [-0.2, -0.15) is 0 Å². The predicted molar refractivity (Wildman–Crippen MR) is 85.7 cm³/mol. The van der Waals surface area contributed by atoms with E-state index in [-0.39, 0.29) is 5.91 Å². The topological polar surface area (TPSA) is 81.2 Å². The molecule has 0 spiro atoms. The second-order valence-corrected chi connectivity index (χ2v) is 6.14. The van der Waals surface area contributed by atoms with Crippen LogP contribution < -0.4 is 11.1 Å². The van der Waals surface area contributed by atoms with Gasteiger partial charge in [0, 0.05) is 15.7 Å². The van der Waals surface area contributed by atoms with Crippen molar-refractivity contribution in [2.24, 2.45) is 11.7 Å². The van der Waals surface area contributed by atoms with Gasteiger partial charge in [0.1, 0.15) is 0 Å². The molecule has 1 heterocycles. The number of anilines is 1. The number of oxazole rings is 1. The summed E-state index contributed by atoms with van der Waals surface area (Å²) in [6.07, 6.45) is 3.67. The van der Waals surface area contributed by atoms with Crippen molar-refractivity contribution >= 4 is 27.5 Å². The summed E-state index contributed by atoms with van der Waals surface area (Å²) in [6, 6.07) is 4.98. The molecule has 0 aliphatic carbocycles. The number of carbonyl (C=O) groups is 1. The standard InChI is InChI=1S/C15H18BrN3O2/c1-9(2)5-13(17)15(20)19-10-3-4-11(12(16)6-10)14-7-18-8-21-14/h3-4,6-9,13H,5,17H2,1-2H3,(H,19,20). The molecule has 0 saturated heterocycles. The summed E-state index contributed by atoms with van der Waals surface area (Å²) in [5.41, 5.74) is 7.43. The van der Waals surface area contributed by atoms with E-state index in [9.17, 15) is 4.79 Å². The molecule has 0 bridgehead atoms. The fourth-order valence-electron chi connectivity index (χ4n) is 1.99. The Kier molecular flexibility index (Phi) is 5.14. The zero-order valence-corrected chi connectivity index (χ0v) is 13.6. The van der Waals surface area contributed by atoms with Gasteiger partial charge in [0.15, 0.2) is 12.2 Å². The minimum absolute atomic E-state index is 0.178. The maximum absolute atomic E-state index is 12.0. The van der Waals surface area contributed by atoms with Crippen LogP contribution in [0.4, 0.5) is 5.69 Å². The molecule has 5 nitrogen and oxygen atoms in total. The van der Waals surface area contributed by atoms with Gasteiger partial charge in [-0.25, -0.2) is 4.98 Å². The summed E-state index contributed by atoms with van der Waals surface area (Å²) in [7, 11) is 0. The van der Waals surface area contributed by atoms with Crippen LogP contribution in [0, 0.1) is 5.92 Å². The second-order valence-electron chi connectivity index (χ2n) is 5.29. The van der Waals surface area contributed by atoms with Gasteiger partial charge in [-0.15, -0.1) is 0 Å². The van der Waals surface area contributed by atoms with Crippen LogP contribution in [0.5, 0.6) is 0 Å². The van der Waals surface area contributed by atoms with E-state index in [4.69, 9.17) is 10.2 Å². The molecular formula is C15H18BrN3O2. The zero-order chi connectivity index (χ0) is 15.4. The first kappa shape index (κ1) is 15.7. The predicted octanol–water partition coefficient (Wildman–Crippen LogP) is 3.42. The number of aromatic nitrogens is 1. The molecule has 3 N–H and O–H groups in total. The van der Waals surface area contributed by atoms with Gasteiger partial charge in [0.05, 0.1) is 12.2 Å². The van der Waals surface area contributed by atoms with Gasteiger partial charge in [0.25, 0.3) is 0 Å². The summed E-state index contributed by atoms with van der Waals surface area (Å²) in [4.78, 5) is 15.9. The first-order valence-electron chi connectivity index (χ1n) is 6.72. The first-order chi connectivity index (χ1) is 9.97. The number of nitrogens with one attached hydrogen (secondary N) is 1. The minimum atomic E-state index is -0.502. The molecule has 0 fully saturated rings. The van der Waals surface area contributed by atoms with Crippen molar-refractivity contribution < 1.29 is 9.21 Å². The van der Waals surface area contributed by atoms with Gasteiger partial charge in [-0.1, -0.05) is 13.8 Å². The molecule has 2 aromatic rings. The summed E-state index contributed by atoms with van der Waals surface area (Å²) in [5.74, 6) is 0.866. The van der Waals surface area contributed by atoms with Crippen LogP contribution in [0.2, 0.25) is 0 Å². The van der Waals surface area contributed by atoms with Gasteiger partial charge in [-0.3, -0.25) is 4.79 Å². The van der Waals surface area contributed by atoms with Crippen LogP contribution in [0.25, 0.3) is 11.3 Å². The molecule has 21 heavy (non-hydrogen) atoms. The maximum atomic E-state index is 12.0. The number of hydrogen-bond acceptors (Lipinski definition) is 4. The minimum Gasteiger partial charge on any atom is -0.443 e. The highest BCUT2D eigenvalue weighted by molar-refractivity contribution is 9.10. The molecule has 1 amide bonds. The number of carbonyl (C=O) groups excluding carboxylic acids is 1. The zero-order valence-electron chi connectivity index (χ0n) is 12.0. The van der Waals surface area contributed by atoms with E-state index in [1.807, 2.05) is 32.0 Å². The van der Waals surface area contributed by atoms with Gasteiger partial charge in [-0.05, 0) is 46.5 Å². The van der Waals surface area contributed by atoms with Crippen LogP contribution in [0.1, 0.15) is 20.3 Å². The van der Waals surface area contributed by atoms with Gasteiger partial charge >= 0.3 is 0 Å². The Morgan fingerprint density at radius 3 is 2.81 bits per heavy atom. The molecule has 0 aliphatic rings. The second kappa shape index (κ2) is 6.87. The third-order valence-corrected chi connectivity index (χ3v) is 3.65. The Morgan fingerprint density at radius 1 is 1.48 bits per heavy atom. The van der Waals surface area contributed by atoms with E-state index < -0.39 is 6.04 Å². The average molecular weight is 352 g/mol. The Labute approximate surface area is 132 Å². The Balaban J connectivity index is 2.09. The summed E-state index contributed by atoms with van der Waals surface area (Å²) in [6.45, 7) is 4.08. The number of rotatable bonds is 5. The third-order valence-electron chi connectivity index (χ3n) is 3.00. The Morgan fingerprint density at radius 2 is 2.24 bits per heavy atom. The van der Waals surface area contributed by atoms with Crippen LogP contribution in [-0.2, 0) is 4.79 Å². The molecular weight excluding hydrogens is 334 g/mol. The molecule has 1 aromatic carbocycles. The van der Waals surface area contributed by atoms with E-state index in [2.05, 4.69) is 26.2 Å². The van der Waals surface area contributed by atoms with E-state index >= 15 is 0 Å². The Hall–Kier alpha value is -1.66. The van der Waals surface area contributed by atoms with Gasteiger partial charge in [0.2, 0.25) is 5.91 Å². The largest absolute Gasteiger partial charge is 0.443 e. The maximum Gasteiger partial charge on any atom is 0.241 e. The lowest BCUT2D eigenvalue weighted by atomic mass is 10.0. The van der Waals surface area contributed by atoms with Crippen molar-refractivity contribution in [3.8, 4) is 11.3 Å². The highest BCUT2D eigenvalue weighted by atomic mass is 79.9. The molecule has 1 unspecified atom stereocenters. The molecule has 0 saturated carbocycles. The van der Waals surface area contributed by atoms with Crippen LogP contribution in [0.15, 0.2) is 39.7 Å². The van der Waals surface area contributed by atoms with Gasteiger partial charge < -0.3 is 15.5 Å². The van der Waals surface area contributed by atoms with E-state index in [0.29, 0.717) is 23.8 Å². The van der Waals surface area contributed by atoms with Crippen molar-refractivity contribution in [3.05, 3.63) is 35.3 Å². The molecule has 112 valence electrons. The highest BCUT2D eigenvalue weighted by Crippen LogP contribution is 2.30. The fourth-order valence-corrected chi connectivity index (χ4v) is 2.57. The average Bonchev–Trinajstić information content (AvgIpc) is 2.91. The number of benzene rings is 1. The molecule has 0 aliphatic heterocycles. The van der Waals surface area contributed by atoms with Crippen LogP contribution in [0.3, 0.4) is 0 Å². The lowest BCUT2D eigenvalue weighted by Crippen LogP contribution is -2.36. The summed E-state index contributed by atoms with van der Waals surface area (Å²) >= 11 is 3.47. The SMILES string of the molecule is CC(C)CC(N)C(=O)Nc1ccc(-c2cnco2)c(Br)c1. The van der Waals surface area contributed by atoms with Crippen molar-refractivity contribution in [1.82, 2.24) is 4.98 Å². The summed E-state index contributed by atoms with van der Waals surface area (Å²) < 4.78 is 6.07. The van der Waals surface area contributed by atoms with Crippen molar-refractivity contribution in [3.63, 3.8) is 0 Å². The van der Waals surface area contributed by atoms with Crippen molar-refractivity contribution in [2.45, 2.75) is 26.3 Å². The van der Waals surface area contributed by atoms with E-state index in [1.165, 1.54) is 6.39 Å². The smallest absolute Gasteiger partial charge is 0.241 e. The first-order valence-corrected chi connectivity index (χ1v) is 7.51. The number of nitrogens with zero attached hydrogens (tertiary/aromatic N) is 1. The number of halogens is 1.